The lowest BCUT2D eigenvalue weighted by Crippen LogP contribution is -2.03. The van der Waals surface area contributed by atoms with Crippen LogP contribution >= 0.6 is 8.58 Å². The minimum Gasteiger partial charge on any atom is -0.112 e. The number of hydrogen-bond acceptors (Lipinski definition) is 0. The summed E-state index contributed by atoms with van der Waals surface area (Å²) in [5.41, 5.74) is 1.08. The van der Waals surface area contributed by atoms with E-state index in [4.69, 9.17) is 0 Å². The summed E-state index contributed by atoms with van der Waals surface area (Å²) >= 11 is 0. The van der Waals surface area contributed by atoms with Crippen LogP contribution in [0.4, 0.5) is 0 Å². The standard InChI is InChI=1S/C9H19P/c1-7(2)5-6-8-9(3,4)10-8/h7-8,10H,5-6H2,1-4H3. The normalized spacial score (nSPS) is 31.5. The molecule has 60 valence electrons. The van der Waals surface area contributed by atoms with Gasteiger partial charge in [0.15, 0.2) is 0 Å². The molecule has 0 aromatic heterocycles. The first-order valence-corrected chi connectivity index (χ1v) is 5.38. The monoisotopic (exact) mass is 158 g/mol. The average Bonchev–Trinajstić information content (AvgIpc) is 2.35. The van der Waals surface area contributed by atoms with Crippen LogP contribution < -0.4 is 0 Å². The first-order chi connectivity index (χ1) is 4.52. The maximum absolute atomic E-state index is 2.40. The highest BCUT2D eigenvalue weighted by Crippen LogP contribution is 2.61. The lowest BCUT2D eigenvalue weighted by molar-refractivity contribution is 0.540. The Hall–Kier alpha value is 0.430. The summed E-state index contributed by atoms with van der Waals surface area (Å²) in [7, 11) is 1.25. The van der Waals surface area contributed by atoms with E-state index in [0.717, 1.165) is 16.7 Å². The van der Waals surface area contributed by atoms with E-state index in [-0.39, 0.29) is 0 Å². The molecule has 0 aromatic rings. The number of rotatable bonds is 3. The summed E-state index contributed by atoms with van der Waals surface area (Å²) in [4.78, 5) is 0. The van der Waals surface area contributed by atoms with Gasteiger partial charge in [0, 0.05) is 0 Å². The molecule has 10 heavy (non-hydrogen) atoms. The molecule has 1 heteroatoms. The second-order valence-corrected chi connectivity index (χ2v) is 6.66. The minimum atomic E-state index is 0.731. The van der Waals surface area contributed by atoms with Crippen LogP contribution in [0, 0.1) is 5.92 Å². The summed E-state index contributed by atoms with van der Waals surface area (Å²) in [5, 5.41) is 0.731. The highest BCUT2D eigenvalue weighted by atomic mass is 31.1. The van der Waals surface area contributed by atoms with E-state index in [0.29, 0.717) is 0 Å². The van der Waals surface area contributed by atoms with Gasteiger partial charge in [0.25, 0.3) is 0 Å². The third-order valence-corrected chi connectivity index (χ3v) is 4.51. The zero-order chi connectivity index (χ0) is 7.78. The van der Waals surface area contributed by atoms with Crippen molar-refractivity contribution in [1.29, 1.82) is 0 Å². The van der Waals surface area contributed by atoms with Crippen LogP contribution in [0.3, 0.4) is 0 Å². The first kappa shape index (κ1) is 8.53. The van der Waals surface area contributed by atoms with E-state index >= 15 is 0 Å². The smallest absolute Gasteiger partial charge is 0.0110 e. The molecule has 1 aliphatic rings. The zero-order valence-corrected chi connectivity index (χ0v) is 8.57. The molecule has 0 saturated carbocycles. The van der Waals surface area contributed by atoms with Crippen LogP contribution in [0.2, 0.25) is 0 Å². The van der Waals surface area contributed by atoms with E-state index in [1.165, 1.54) is 21.4 Å². The Morgan fingerprint density at radius 2 is 1.90 bits per heavy atom. The van der Waals surface area contributed by atoms with Gasteiger partial charge in [0.1, 0.15) is 0 Å². The Kier molecular flexibility index (Phi) is 2.40. The third-order valence-electron chi connectivity index (χ3n) is 2.37. The van der Waals surface area contributed by atoms with Crippen molar-refractivity contribution in [1.82, 2.24) is 0 Å². The van der Waals surface area contributed by atoms with Crippen molar-refractivity contribution in [3.8, 4) is 0 Å². The van der Waals surface area contributed by atoms with Gasteiger partial charge in [-0.2, -0.15) is 0 Å². The largest absolute Gasteiger partial charge is 0.112 e. The SMILES string of the molecule is CC(C)CCC1PC1(C)C. The maximum Gasteiger partial charge on any atom is -0.0110 e. The van der Waals surface area contributed by atoms with Gasteiger partial charge in [-0.05, 0) is 23.2 Å². The van der Waals surface area contributed by atoms with Crippen LogP contribution in [0.25, 0.3) is 0 Å². The fraction of sp³-hybridized carbons (Fsp3) is 1.00. The fourth-order valence-electron chi connectivity index (χ4n) is 1.34. The molecule has 0 N–H and O–H groups in total. The summed E-state index contributed by atoms with van der Waals surface area (Å²) < 4.78 is 0. The Bertz CT molecular complexity index is 116. The zero-order valence-electron chi connectivity index (χ0n) is 7.57. The quantitative estimate of drug-likeness (QED) is 0.553. The van der Waals surface area contributed by atoms with Crippen LogP contribution in [-0.2, 0) is 0 Å². The summed E-state index contributed by atoms with van der Waals surface area (Å²) in [6.45, 7) is 9.43. The predicted octanol–water partition coefficient (Wildman–Crippen LogP) is 3.26. The Labute approximate surface area is 66.6 Å². The molecule has 0 amide bonds. The third kappa shape index (κ3) is 2.23. The lowest BCUT2D eigenvalue weighted by Gasteiger charge is -2.04. The Morgan fingerprint density at radius 3 is 2.20 bits per heavy atom. The van der Waals surface area contributed by atoms with Gasteiger partial charge < -0.3 is 0 Å². The van der Waals surface area contributed by atoms with Crippen molar-refractivity contribution in [3.63, 3.8) is 0 Å². The molecule has 0 aromatic carbocycles. The molecular formula is C9H19P. The molecule has 1 heterocycles. The molecule has 0 bridgehead atoms. The van der Waals surface area contributed by atoms with Crippen molar-refractivity contribution in [2.24, 2.45) is 5.92 Å². The van der Waals surface area contributed by atoms with Gasteiger partial charge >= 0.3 is 0 Å². The molecule has 1 aliphatic heterocycles. The molecule has 0 aliphatic carbocycles. The van der Waals surface area contributed by atoms with Crippen LogP contribution in [0.5, 0.6) is 0 Å². The molecule has 0 spiro atoms. The Balaban J connectivity index is 2.07. The van der Waals surface area contributed by atoms with Crippen molar-refractivity contribution in [2.45, 2.75) is 51.4 Å². The highest BCUT2D eigenvalue weighted by Gasteiger charge is 2.44. The van der Waals surface area contributed by atoms with Gasteiger partial charge in [-0.1, -0.05) is 34.1 Å². The van der Waals surface area contributed by atoms with Crippen molar-refractivity contribution in [3.05, 3.63) is 0 Å². The van der Waals surface area contributed by atoms with Gasteiger partial charge in [-0.3, -0.25) is 0 Å². The first-order valence-electron chi connectivity index (χ1n) is 4.30. The van der Waals surface area contributed by atoms with Crippen LogP contribution in [0.15, 0.2) is 0 Å². The molecule has 0 radical (unpaired) electrons. The van der Waals surface area contributed by atoms with Crippen LogP contribution in [0.1, 0.15) is 40.5 Å². The van der Waals surface area contributed by atoms with Crippen LogP contribution in [-0.4, -0.2) is 10.8 Å². The molecule has 1 rings (SSSR count). The van der Waals surface area contributed by atoms with E-state index in [2.05, 4.69) is 27.7 Å². The van der Waals surface area contributed by atoms with Gasteiger partial charge in [-0.25, -0.2) is 0 Å². The van der Waals surface area contributed by atoms with Gasteiger partial charge in [0.05, 0.1) is 0 Å². The van der Waals surface area contributed by atoms with E-state index < -0.39 is 0 Å². The lowest BCUT2D eigenvalue weighted by atomic mass is 10.0. The van der Waals surface area contributed by atoms with Crippen molar-refractivity contribution in [2.75, 3.05) is 0 Å². The van der Waals surface area contributed by atoms with E-state index in [1.807, 2.05) is 0 Å². The van der Waals surface area contributed by atoms with Gasteiger partial charge in [0.2, 0.25) is 0 Å². The predicted molar refractivity (Wildman–Crippen MR) is 50.3 cm³/mol. The molecule has 0 nitrogen and oxygen atoms in total. The molecule has 2 unspecified atom stereocenters. The maximum atomic E-state index is 2.40. The fourth-order valence-corrected chi connectivity index (χ4v) is 2.61. The summed E-state index contributed by atoms with van der Waals surface area (Å²) in [5.74, 6) is 0.904. The molecule has 1 fully saturated rings. The second kappa shape index (κ2) is 2.81. The Morgan fingerprint density at radius 1 is 1.40 bits per heavy atom. The minimum absolute atomic E-state index is 0.731. The summed E-state index contributed by atoms with van der Waals surface area (Å²) in [6, 6.07) is 0. The van der Waals surface area contributed by atoms with Crippen molar-refractivity contribution < 1.29 is 0 Å². The highest BCUT2D eigenvalue weighted by molar-refractivity contribution is 7.50. The molecular weight excluding hydrogens is 139 g/mol. The second-order valence-electron chi connectivity index (χ2n) is 4.39. The molecule has 2 atom stereocenters. The van der Waals surface area contributed by atoms with E-state index in [1.54, 1.807) is 0 Å². The van der Waals surface area contributed by atoms with Crippen molar-refractivity contribution >= 4 is 8.58 Å². The average molecular weight is 158 g/mol. The summed E-state index contributed by atoms with van der Waals surface area (Å²) in [6.07, 6.45) is 2.91. The van der Waals surface area contributed by atoms with E-state index in [9.17, 15) is 0 Å². The van der Waals surface area contributed by atoms with Gasteiger partial charge in [-0.15, -0.1) is 8.58 Å². The number of hydrogen-bond donors (Lipinski definition) is 0. The topological polar surface area (TPSA) is 0 Å². The molecule has 1 saturated heterocycles.